The first kappa shape index (κ1) is 27.3. The van der Waals surface area contributed by atoms with E-state index >= 15 is 0 Å². The van der Waals surface area contributed by atoms with Crippen molar-refractivity contribution in [2.24, 2.45) is 5.92 Å². The third-order valence-corrected chi connectivity index (χ3v) is 7.80. The van der Waals surface area contributed by atoms with Gasteiger partial charge in [-0.3, -0.25) is 25.7 Å². The van der Waals surface area contributed by atoms with E-state index < -0.39 is 34.7 Å². The number of carbonyl (C=O) groups excluding carboxylic acids is 2. The molecule has 202 valence electrons. The number of aromatic hydroxyl groups is 1. The van der Waals surface area contributed by atoms with E-state index in [1.165, 1.54) is 35.4 Å². The number of rotatable bonds is 6. The third kappa shape index (κ3) is 5.16. The molecule has 2 unspecified atom stereocenters. The van der Waals surface area contributed by atoms with Crippen molar-refractivity contribution < 1.29 is 23.8 Å². The molecular weight excluding hydrogens is 515 g/mol. The van der Waals surface area contributed by atoms with Crippen LogP contribution in [-0.2, 0) is 11.2 Å². The normalized spacial score (nSPS) is 20.2. The Morgan fingerprint density at radius 2 is 2.03 bits per heavy atom. The van der Waals surface area contributed by atoms with Gasteiger partial charge >= 0.3 is 6.09 Å². The molecule has 2 atom stereocenters. The number of likely N-dealkylation sites (tertiary alicyclic amines) is 1. The van der Waals surface area contributed by atoms with Gasteiger partial charge in [-0.1, -0.05) is 23.9 Å². The lowest BCUT2D eigenvalue weighted by Crippen LogP contribution is -2.78. The lowest BCUT2D eigenvalue weighted by Gasteiger charge is -2.59. The molecule has 2 aliphatic heterocycles. The summed E-state index contributed by atoms with van der Waals surface area (Å²) in [6.07, 6.45) is 1.36. The van der Waals surface area contributed by atoms with E-state index in [4.69, 9.17) is 15.6 Å². The lowest BCUT2D eigenvalue weighted by molar-refractivity contribution is -0.0778. The topological polar surface area (TPSA) is 163 Å². The highest BCUT2D eigenvalue weighted by Crippen LogP contribution is 2.38. The molecule has 2 amide bonds. The SMILES string of the molecule is CCOC(=O)N1CCC2(N(C)C(=O)c3[nH]cc(C(=N)SC(=N)Cc4ccc(F)cc4)c(=O)c3O)NCC2C1. The summed E-state index contributed by atoms with van der Waals surface area (Å²) in [4.78, 5) is 44.0. The van der Waals surface area contributed by atoms with Crippen molar-refractivity contribution >= 4 is 33.8 Å². The third-order valence-electron chi connectivity index (χ3n) is 6.98. The molecule has 0 aliphatic carbocycles. The Morgan fingerprint density at radius 3 is 2.63 bits per heavy atom. The number of piperidine rings is 1. The zero-order valence-electron chi connectivity index (χ0n) is 21.0. The van der Waals surface area contributed by atoms with Gasteiger partial charge in [0.15, 0.2) is 11.4 Å². The smallest absolute Gasteiger partial charge is 0.409 e. The summed E-state index contributed by atoms with van der Waals surface area (Å²) >= 11 is 0.727. The van der Waals surface area contributed by atoms with Crippen molar-refractivity contribution in [1.29, 1.82) is 10.8 Å². The summed E-state index contributed by atoms with van der Waals surface area (Å²) in [5, 5.41) is 30.0. The molecule has 5 N–H and O–H groups in total. The van der Waals surface area contributed by atoms with Crippen LogP contribution in [0.15, 0.2) is 35.3 Å². The maximum Gasteiger partial charge on any atom is 0.409 e. The van der Waals surface area contributed by atoms with Gasteiger partial charge < -0.3 is 24.6 Å². The fraction of sp³-hybridized carbons (Fsp3) is 0.400. The molecule has 2 fully saturated rings. The molecule has 0 spiro atoms. The van der Waals surface area contributed by atoms with E-state index in [2.05, 4.69) is 10.3 Å². The standard InChI is InChI=1S/C25H29FN6O5S/c1-3-37-24(36)32-9-8-25(15(13-32)11-30-25)31(2)23(35)19-21(34)20(33)17(12-29-19)22(28)38-18(27)10-14-4-6-16(26)7-5-14/h4-7,12,15,27-28,30,34H,3,8-11,13H2,1-2H3,(H,29,33). The summed E-state index contributed by atoms with van der Waals surface area (Å²) in [6, 6.07) is 5.62. The van der Waals surface area contributed by atoms with Gasteiger partial charge in [-0.15, -0.1) is 0 Å². The Morgan fingerprint density at radius 1 is 1.32 bits per heavy atom. The minimum atomic E-state index is -0.902. The van der Waals surface area contributed by atoms with Gasteiger partial charge in [-0.05, 0) is 24.6 Å². The molecule has 2 aliphatic rings. The summed E-state index contributed by atoms with van der Waals surface area (Å²) < 4.78 is 18.2. The molecule has 38 heavy (non-hydrogen) atoms. The number of aromatic nitrogens is 1. The minimum absolute atomic E-state index is 0.0516. The predicted octanol–water partition coefficient (Wildman–Crippen LogP) is 2.35. The van der Waals surface area contributed by atoms with Gasteiger partial charge in [0.2, 0.25) is 5.43 Å². The number of hydrogen-bond donors (Lipinski definition) is 5. The highest BCUT2D eigenvalue weighted by molar-refractivity contribution is 8.26. The molecule has 11 nitrogen and oxygen atoms in total. The van der Waals surface area contributed by atoms with Crippen LogP contribution in [0.5, 0.6) is 5.75 Å². The first-order valence-corrected chi connectivity index (χ1v) is 12.9. The van der Waals surface area contributed by atoms with Crippen molar-refractivity contribution in [3.63, 3.8) is 0 Å². The fourth-order valence-corrected chi connectivity index (χ4v) is 5.54. The second-order valence-corrected chi connectivity index (χ2v) is 10.3. The van der Waals surface area contributed by atoms with Crippen molar-refractivity contribution in [1.82, 2.24) is 20.1 Å². The predicted molar refractivity (Wildman–Crippen MR) is 141 cm³/mol. The van der Waals surface area contributed by atoms with Crippen LogP contribution in [0.1, 0.15) is 35.0 Å². The monoisotopic (exact) mass is 544 g/mol. The van der Waals surface area contributed by atoms with Gasteiger partial charge in [0.25, 0.3) is 5.91 Å². The van der Waals surface area contributed by atoms with Crippen LogP contribution >= 0.6 is 11.8 Å². The van der Waals surface area contributed by atoms with Crippen LogP contribution in [0.25, 0.3) is 0 Å². The maximum atomic E-state index is 13.3. The van der Waals surface area contributed by atoms with Crippen LogP contribution in [0.4, 0.5) is 9.18 Å². The van der Waals surface area contributed by atoms with Gasteiger partial charge in [-0.25, -0.2) is 9.18 Å². The first-order valence-electron chi connectivity index (χ1n) is 12.1. The number of nitrogens with zero attached hydrogens (tertiary/aromatic N) is 2. The average molecular weight is 545 g/mol. The molecule has 1 aromatic heterocycles. The molecule has 3 heterocycles. The zero-order chi connectivity index (χ0) is 27.6. The van der Waals surface area contributed by atoms with Crippen LogP contribution in [0.2, 0.25) is 0 Å². The Labute approximate surface area is 222 Å². The van der Waals surface area contributed by atoms with E-state index in [1.54, 1.807) is 18.9 Å². The summed E-state index contributed by atoms with van der Waals surface area (Å²) in [5.74, 6) is -1.88. The number of pyridine rings is 1. The maximum absolute atomic E-state index is 13.3. The Bertz CT molecular complexity index is 1330. The highest BCUT2D eigenvalue weighted by Gasteiger charge is 2.55. The molecule has 0 saturated carbocycles. The quantitative estimate of drug-likeness (QED) is 0.275. The number of ether oxygens (including phenoxy) is 1. The number of fused-ring (bicyclic) bond motifs is 1. The van der Waals surface area contributed by atoms with Crippen LogP contribution < -0.4 is 10.7 Å². The lowest BCUT2D eigenvalue weighted by atomic mass is 9.77. The number of nitrogens with one attached hydrogen (secondary N) is 4. The molecule has 0 bridgehead atoms. The molecule has 0 radical (unpaired) electrons. The summed E-state index contributed by atoms with van der Waals surface area (Å²) in [7, 11) is 1.57. The Kier molecular flexibility index (Phi) is 7.88. The van der Waals surface area contributed by atoms with E-state index in [9.17, 15) is 23.9 Å². The van der Waals surface area contributed by atoms with Crippen LogP contribution in [0.3, 0.4) is 0 Å². The van der Waals surface area contributed by atoms with Crippen LogP contribution in [0, 0.1) is 22.6 Å². The zero-order valence-corrected chi connectivity index (χ0v) is 21.8. The number of halogens is 1. The number of carbonyl (C=O) groups is 2. The number of H-pyrrole nitrogens is 1. The number of benzene rings is 1. The average Bonchev–Trinajstić information content (AvgIpc) is 2.87. The van der Waals surface area contributed by atoms with Gasteiger partial charge in [0.1, 0.15) is 16.5 Å². The Balaban J connectivity index is 1.45. The highest BCUT2D eigenvalue weighted by atomic mass is 32.2. The van der Waals surface area contributed by atoms with Crippen molar-refractivity contribution in [2.75, 3.05) is 33.3 Å². The van der Waals surface area contributed by atoms with E-state index in [-0.39, 0.29) is 40.3 Å². The van der Waals surface area contributed by atoms with E-state index in [0.717, 1.165) is 11.8 Å². The number of hydrogen-bond acceptors (Lipinski definition) is 9. The number of amides is 2. The number of thioether (sulfide) groups is 1. The molecule has 2 saturated heterocycles. The molecule has 4 rings (SSSR count). The summed E-state index contributed by atoms with van der Waals surface area (Å²) in [6.45, 7) is 3.38. The van der Waals surface area contributed by atoms with Gasteiger partial charge in [0.05, 0.1) is 17.2 Å². The Hall–Kier alpha value is -3.71. The molecule has 13 heteroatoms. The van der Waals surface area contributed by atoms with Crippen molar-refractivity contribution in [2.45, 2.75) is 25.4 Å². The van der Waals surface area contributed by atoms with E-state index in [1.807, 2.05) is 0 Å². The fourth-order valence-electron chi connectivity index (χ4n) is 4.80. The molecule has 1 aromatic carbocycles. The van der Waals surface area contributed by atoms with Crippen molar-refractivity contribution in [3.8, 4) is 5.75 Å². The second-order valence-electron chi connectivity index (χ2n) is 9.17. The molecular formula is C25H29FN6O5S. The number of aromatic amines is 1. The van der Waals surface area contributed by atoms with Gasteiger partial charge in [0, 0.05) is 51.6 Å². The minimum Gasteiger partial charge on any atom is -0.503 e. The first-order chi connectivity index (χ1) is 18.1. The summed E-state index contributed by atoms with van der Waals surface area (Å²) in [5.41, 5.74) is -1.46. The second kappa shape index (κ2) is 11.0. The van der Waals surface area contributed by atoms with Crippen molar-refractivity contribution in [3.05, 3.63) is 63.3 Å². The van der Waals surface area contributed by atoms with E-state index in [0.29, 0.717) is 31.6 Å². The largest absolute Gasteiger partial charge is 0.503 e. The van der Waals surface area contributed by atoms with Crippen LogP contribution in [-0.4, -0.2) is 80.9 Å². The molecule has 2 aromatic rings. The van der Waals surface area contributed by atoms with Gasteiger partial charge in [-0.2, -0.15) is 0 Å².